The van der Waals surface area contributed by atoms with Crippen LogP contribution in [0.5, 0.6) is 0 Å². The molecule has 7 N–H and O–H groups in total. The SMILES string of the molecule is CC(C)CC(NC(=O)C(CCC(=O)O)NC(=O)C1CCCN1)C(=O)NC(CCC(=O)O)C(=O)O. The molecule has 34 heavy (non-hydrogen) atoms. The van der Waals surface area contributed by atoms with Gasteiger partial charge in [0.25, 0.3) is 0 Å². The average Bonchev–Trinajstić information content (AvgIpc) is 3.27. The molecule has 0 spiro atoms. The van der Waals surface area contributed by atoms with Gasteiger partial charge in [0, 0.05) is 12.8 Å². The van der Waals surface area contributed by atoms with E-state index >= 15 is 0 Å². The lowest BCUT2D eigenvalue weighted by Gasteiger charge is -2.26. The molecule has 4 atom stereocenters. The third kappa shape index (κ3) is 10.6. The summed E-state index contributed by atoms with van der Waals surface area (Å²) in [5.74, 6) is -5.93. The topological polar surface area (TPSA) is 211 Å². The Hall–Kier alpha value is -3.22. The quantitative estimate of drug-likeness (QED) is 0.151. The zero-order chi connectivity index (χ0) is 25.8. The Balaban J connectivity index is 2.93. The highest BCUT2D eigenvalue weighted by Crippen LogP contribution is 2.10. The maximum atomic E-state index is 12.9. The first-order valence-corrected chi connectivity index (χ1v) is 11.2. The van der Waals surface area contributed by atoms with Crippen molar-refractivity contribution in [3.63, 3.8) is 0 Å². The van der Waals surface area contributed by atoms with Crippen LogP contribution in [-0.4, -0.2) is 81.7 Å². The van der Waals surface area contributed by atoms with Crippen LogP contribution in [0.15, 0.2) is 0 Å². The largest absolute Gasteiger partial charge is 0.481 e. The lowest BCUT2D eigenvalue weighted by Crippen LogP contribution is -2.57. The van der Waals surface area contributed by atoms with E-state index in [9.17, 15) is 33.9 Å². The number of nitrogens with one attached hydrogen (secondary N) is 4. The minimum absolute atomic E-state index is 0.0897. The smallest absolute Gasteiger partial charge is 0.326 e. The molecule has 0 aromatic heterocycles. The molecule has 0 aromatic rings. The van der Waals surface area contributed by atoms with Gasteiger partial charge in [-0.2, -0.15) is 0 Å². The molecule has 1 rings (SSSR count). The van der Waals surface area contributed by atoms with Gasteiger partial charge >= 0.3 is 17.9 Å². The van der Waals surface area contributed by atoms with E-state index in [1.165, 1.54) is 0 Å². The number of hydrogen-bond acceptors (Lipinski definition) is 7. The maximum absolute atomic E-state index is 12.9. The number of hydrogen-bond donors (Lipinski definition) is 7. The molecule has 1 fully saturated rings. The van der Waals surface area contributed by atoms with Crippen LogP contribution in [0.25, 0.3) is 0 Å². The summed E-state index contributed by atoms with van der Waals surface area (Å²) in [6.45, 7) is 4.20. The standard InChI is InChI=1S/C21H34N4O9/c1-11(2)10-15(20(32)24-14(21(33)34)6-8-17(28)29)25-19(31)13(5-7-16(26)27)23-18(30)12-4-3-9-22-12/h11-15,22H,3-10H2,1-2H3,(H,23,30)(H,24,32)(H,25,31)(H,26,27)(H,28,29)(H,33,34). The van der Waals surface area contributed by atoms with E-state index in [0.717, 1.165) is 6.42 Å². The molecule has 0 aliphatic carbocycles. The Morgan fingerprint density at radius 3 is 1.82 bits per heavy atom. The predicted octanol–water partition coefficient (Wildman–Crippen LogP) is -0.947. The van der Waals surface area contributed by atoms with Crippen molar-refractivity contribution < 1.29 is 44.1 Å². The van der Waals surface area contributed by atoms with Crippen molar-refractivity contribution in [2.75, 3.05) is 6.54 Å². The lowest BCUT2D eigenvalue weighted by atomic mass is 10.0. The number of aliphatic carboxylic acids is 3. The van der Waals surface area contributed by atoms with Crippen LogP contribution in [0.3, 0.4) is 0 Å². The van der Waals surface area contributed by atoms with Gasteiger partial charge in [-0.3, -0.25) is 24.0 Å². The van der Waals surface area contributed by atoms with Crippen LogP contribution in [0.4, 0.5) is 0 Å². The molecule has 13 nitrogen and oxygen atoms in total. The van der Waals surface area contributed by atoms with Crippen molar-refractivity contribution in [2.24, 2.45) is 5.92 Å². The van der Waals surface area contributed by atoms with E-state index in [1.807, 2.05) is 0 Å². The van der Waals surface area contributed by atoms with Crippen LogP contribution in [0, 0.1) is 5.92 Å². The molecule has 0 bridgehead atoms. The van der Waals surface area contributed by atoms with Crippen molar-refractivity contribution in [1.29, 1.82) is 0 Å². The van der Waals surface area contributed by atoms with Crippen molar-refractivity contribution in [3.8, 4) is 0 Å². The maximum Gasteiger partial charge on any atom is 0.326 e. The van der Waals surface area contributed by atoms with Crippen LogP contribution >= 0.6 is 0 Å². The summed E-state index contributed by atoms with van der Waals surface area (Å²) < 4.78 is 0. The van der Waals surface area contributed by atoms with Gasteiger partial charge in [0.2, 0.25) is 17.7 Å². The van der Waals surface area contributed by atoms with Crippen molar-refractivity contribution in [2.45, 2.75) is 83.0 Å². The Morgan fingerprint density at radius 1 is 0.824 bits per heavy atom. The number of carboxylic acid groups (broad SMARTS) is 3. The fourth-order valence-corrected chi connectivity index (χ4v) is 3.49. The molecule has 0 radical (unpaired) electrons. The number of carbonyl (C=O) groups excluding carboxylic acids is 3. The first-order valence-electron chi connectivity index (χ1n) is 11.2. The summed E-state index contributed by atoms with van der Waals surface area (Å²) in [4.78, 5) is 71.3. The number of carbonyl (C=O) groups is 6. The number of carboxylic acids is 3. The fraction of sp³-hybridized carbons (Fsp3) is 0.714. The Kier molecular flexibility index (Phi) is 12.0. The first-order chi connectivity index (χ1) is 15.9. The van der Waals surface area contributed by atoms with Gasteiger partial charge in [-0.25, -0.2) is 4.79 Å². The Bertz CT molecular complexity index is 765. The molecule has 13 heteroatoms. The lowest BCUT2D eigenvalue weighted by molar-refractivity contribution is -0.143. The predicted molar refractivity (Wildman–Crippen MR) is 118 cm³/mol. The van der Waals surface area contributed by atoms with Crippen LogP contribution < -0.4 is 21.3 Å². The zero-order valence-corrected chi connectivity index (χ0v) is 19.3. The van der Waals surface area contributed by atoms with E-state index in [-0.39, 0.29) is 25.2 Å². The highest BCUT2D eigenvalue weighted by Gasteiger charge is 2.32. The molecule has 192 valence electrons. The molecular weight excluding hydrogens is 452 g/mol. The van der Waals surface area contributed by atoms with E-state index < -0.39 is 72.6 Å². The number of rotatable bonds is 15. The summed E-state index contributed by atoms with van der Waals surface area (Å²) >= 11 is 0. The average molecular weight is 487 g/mol. The summed E-state index contributed by atoms with van der Waals surface area (Å²) in [5, 5.41) is 37.3. The van der Waals surface area contributed by atoms with Crippen LogP contribution in [-0.2, 0) is 28.8 Å². The Morgan fingerprint density at radius 2 is 1.35 bits per heavy atom. The second-order valence-electron chi connectivity index (χ2n) is 8.67. The minimum atomic E-state index is -1.47. The molecule has 3 amide bonds. The second kappa shape index (κ2) is 14.1. The molecule has 1 heterocycles. The molecule has 4 unspecified atom stereocenters. The molecule has 1 saturated heterocycles. The monoisotopic (exact) mass is 486 g/mol. The zero-order valence-electron chi connectivity index (χ0n) is 19.3. The van der Waals surface area contributed by atoms with Gasteiger partial charge < -0.3 is 36.6 Å². The summed E-state index contributed by atoms with van der Waals surface area (Å²) in [6, 6.07) is -4.35. The van der Waals surface area contributed by atoms with Gasteiger partial charge in [-0.05, 0) is 44.6 Å². The molecule has 1 aliphatic rings. The summed E-state index contributed by atoms with van der Waals surface area (Å²) in [7, 11) is 0. The van der Waals surface area contributed by atoms with E-state index in [4.69, 9.17) is 10.2 Å². The van der Waals surface area contributed by atoms with Crippen LogP contribution in [0.2, 0.25) is 0 Å². The third-order valence-electron chi connectivity index (χ3n) is 5.26. The fourth-order valence-electron chi connectivity index (χ4n) is 3.49. The van der Waals surface area contributed by atoms with E-state index in [0.29, 0.717) is 13.0 Å². The van der Waals surface area contributed by atoms with Gasteiger partial charge in [0.15, 0.2) is 0 Å². The molecule has 0 aromatic carbocycles. The second-order valence-corrected chi connectivity index (χ2v) is 8.67. The Labute approximate surface area is 197 Å². The van der Waals surface area contributed by atoms with Gasteiger partial charge in [-0.1, -0.05) is 13.8 Å². The molecule has 0 saturated carbocycles. The molecular formula is C21H34N4O9. The van der Waals surface area contributed by atoms with E-state index in [2.05, 4.69) is 21.3 Å². The normalized spacial score (nSPS) is 17.9. The van der Waals surface area contributed by atoms with E-state index in [1.54, 1.807) is 13.8 Å². The first kappa shape index (κ1) is 28.8. The molecule has 1 aliphatic heterocycles. The third-order valence-corrected chi connectivity index (χ3v) is 5.26. The highest BCUT2D eigenvalue weighted by atomic mass is 16.4. The van der Waals surface area contributed by atoms with Gasteiger partial charge in [0.05, 0.1) is 6.04 Å². The van der Waals surface area contributed by atoms with Crippen molar-refractivity contribution in [1.82, 2.24) is 21.3 Å². The summed E-state index contributed by atoms with van der Waals surface area (Å²) in [5.41, 5.74) is 0. The summed E-state index contributed by atoms with van der Waals surface area (Å²) in [6.07, 6.45) is 0.0749. The minimum Gasteiger partial charge on any atom is -0.481 e. The van der Waals surface area contributed by atoms with Gasteiger partial charge in [0.1, 0.15) is 18.1 Å². The highest BCUT2D eigenvalue weighted by molar-refractivity contribution is 5.94. The van der Waals surface area contributed by atoms with Crippen molar-refractivity contribution in [3.05, 3.63) is 0 Å². The van der Waals surface area contributed by atoms with Crippen molar-refractivity contribution >= 4 is 35.6 Å². The van der Waals surface area contributed by atoms with Gasteiger partial charge in [-0.15, -0.1) is 0 Å². The number of amides is 3. The van der Waals surface area contributed by atoms with Crippen LogP contribution in [0.1, 0.15) is 58.8 Å².